The first-order valence-corrected chi connectivity index (χ1v) is 9.43. The largest absolute Gasteiger partial charge is 0.364 e. The van der Waals surface area contributed by atoms with Gasteiger partial charge in [0.15, 0.2) is 5.69 Å². The van der Waals surface area contributed by atoms with E-state index >= 15 is 0 Å². The van der Waals surface area contributed by atoms with Gasteiger partial charge in [-0.05, 0) is 50.9 Å². The number of carbonyl (C=O) groups excluding carboxylic acids is 2. The first-order chi connectivity index (χ1) is 13.0. The van der Waals surface area contributed by atoms with Gasteiger partial charge in [0.1, 0.15) is 5.69 Å². The molecule has 1 fully saturated rings. The van der Waals surface area contributed by atoms with Crippen molar-refractivity contribution in [3.8, 4) is 5.69 Å². The molecule has 2 heterocycles. The molecular formula is C20H27N5O2. The molecule has 7 heteroatoms. The van der Waals surface area contributed by atoms with Gasteiger partial charge in [0, 0.05) is 18.7 Å². The van der Waals surface area contributed by atoms with E-state index in [0.29, 0.717) is 12.2 Å². The van der Waals surface area contributed by atoms with E-state index in [1.807, 2.05) is 18.2 Å². The summed E-state index contributed by atoms with van der Waals surface area (Å²) in [4.78, 5) is 26.7. The van der Waals surface area contributed by atoms with E-state index < -0.39 is 5.91 Å². The minimum absolute atomic E-state index is 0.185. The number of primary amides is 1. The molecule has 2 aromatic rings. The number of nitrogens with zero attached hydrogens (tertiary/aromatic N) is 3. The molecule has 1 atom stereocenters. The highest BCUT2D eigenvalue weighted by Crippen LogP contribution is 2.18. The molecule has 3 N–H and O–H groups in total. The molecule has 1 saturated heterocycles. The maximum Gasteiger partial charge on any atom is 0.271 e. The van der Waals surface area contributed by atoms with E-state index in [2.05, 4.69) is 29.2 Å². The summed E-state index contributed by atoms with van der Waals surface area (Å²) in [6.45, 7) is 7.06. The molecule has 1 aliphatic rings. The van der Waals surface area contributed by atoms with E-state index in [1.165, 1.54) is 23.6 Å². The van der Waals surface area contributed by atoms with Crippen LogP contribution in [0.3, 0.4) is 0 Å². The molecule has 0 radical (unpaired) electrons. The Kier molecular flexibility index (Phi) is 5.91. The number of carbonyl (C=O) groups is 2. The standard InChI is InChI=1S/C20H27N5O2/c1-14-8-10-24(11-9-14)15(2)13-22-20(27)17-12-18(19(21)26)25(23-17)16-6-4-3-5-7-16/h3-7,12,14-15H,8-11,13H2,1-2H3,(H2,21,26)(H,22,27). The van der Waals surface area contributed by atoms with Crippen molar-refractivity contribution in [1.29, 1.82) is 0 Å². The van der Waals surface area contributed by atoms with Crippen molar-refractivity contribution in [2.45, 2.75) is 32.7 Å². The summed E-state index contributed by atoms with van der Waals surface area (Å²) in [5.74, 6) is -0.150. The third kappa shape index (κ3) is 4.54. The van der Waals surface area contributed by atoms with Gasteiger partial charge in [0.25, 0.3) is 11.8 Å². The zero-order valence-electron chi connectivity index (χ0n) is 15.9. The minimum atomic E-state index is -0.624. The van der Waals surface area contributed by atoms with Crippen LogP contribution in [-0.2, 0) is 0 Å². The summed E-state index contributed by atoms with van der Waals surface area (Å²) in [6.07, 6.45) is 2.39. The molecule has 3 rings (SSSR count). The Morgan fingerprint density at radius 3 is 2.56 bits per heavy atom. The second-order valence-electron chi connectivity index (χ2n) is 7.30. The number of hydrogen-bond donors (Lipinski definition) is 2. The van der Waals surface area contributed by atoms with Gasteiger partial charge in [-0.15, -0.1) is 0 Å². The fourth-order valence-corrected chi connectivity index (χ4v) is 3.36. The normalized spacial score (nSPS) is 16.8. The van der Waals surface area contributed by atoms with Crippen molar-refractivity contribution in [2.24, 2.45) is 11.7 Å². The maximum atomic E-state index is 12.5. The zero-order valence-corrected chi connectivity index (χ0v) is 15.9. The monoisotopic (exact) mass is 369 g/mol. The molecule has 27 heavy (non-hydrogen) atoms. The zero-order chi connectivity index (χ0) is 19.4. The number of rotatable bonds is 6. The number of benzene rings is 1. The van der Waals surface area contributed by atoms with Gasteiger partial charge in [0.2, 0.25) is 0 Å². The number of likely N-dealkylation sites (tertiary alicyclic amines) is 1. The van der Waals surface area contributed by atoms with Crippen LogP contribution in [0.1, 0.15) is 47.7 Å². The maximum absolute atomic E-state index is 12.5. The van der Waals surface area contributed by atoms with Gasteiger partial charge in [0.05, 0.1) is 5.69 Å². The molecule has 1 aromatic carbocycles. The average molecular weight is 369 g/mol. The van der Waals surface area contributed by atoms with E-state index in [0.717, 1.165) is 19.0 Å². The van der Waals surface area contributed by atoms with E-state index in [4.69, 9.17) is 5.73 Å². The van der Waals surface area contributed by atoms with Crippen LogP contribution in [0.5, 0.6) is 0 Å². The Morgan fingerprint density at radius 1 is 1.26 bits per heavy atom. The summed E-state index contributed by atoms with van der Waals surface area (Å²) in [7, 11) is 0. The lowest BCUT2D eigenvalue weighted by molar-refractivity contribution is 0.0916. The SMILES string of the molecule is CC1CCN(C(C)CNC(=O)c2cc(C(N)=O)n(-c3ccccc3)n2)CC1. The molecule has 0 bridgehead atoms. The van der Waals surface area contributed by atoms with E-state index in [9.17, 15) is 9.59 Å². The summed E-state index contributed by atoms with van der Waals surface area (Å²) >= 11 is 0. The first-order valence-electron chi connectivity index (χ1n) is 9.43. The number of piperidine rings is 1. The summed E-state index contributed by atoms with van der Waals surface area (Å²) in [5.41, 5.74) is 6.51. The molecule has 1 unspecified atom stereocenters. The summed E-state index contributed by atoms with van der Waals surface area (Å²) < 4.78 is 1.41. The minimum Gasteiger partial charge on any atom is -0.364 e. The lowest BCUT2D eigenvalue weighted by atomic mass is 9.98. The molecule has 7 nitrogen and oxygen atoms in total. The predicted octanol–water partition coefficient (Wildman–Crippen LogP) is 1.82. The van der Waals surface area contributed by atoms with Gasteiger partial charge < -0.3 is 11.1 Å². The van der Waals surface area contributed by atoms with E-state index in [1.54, 1.807) is 12.1 Å². The number of nitrogens with one attached hydrogen (secondary N) is 1. The van der Waals surface area contributed by atoms with Crippen molar-refractivity contribution >= 4 is 11.8 Å². The predicted molar refractivity (Wildman–Crippen MR) is 104 cm³/mol. The number of aromatic nitrogens is 2. The van der Waals surface area contributed by atoms with Gasteiger partial charge in [-0.2, -0.15) is 5.10 Å². The molecular weight excluding hydrogens is 342 g/mol. The van der Waals surface area contributed by atoms with Crippen LogP contribution < -0.4 is 11.1 Å². The van der Waals surface area contributed by atoms with Crippen molar-refractivity contribution < 1.29 is 9.59 Å². The van der Waals surface area contributed by atoms with Crippen LogP contribution in [-0.4, -0.2) is 52.2 Å². The first kappa shape index (κ1) is 19.1. The van der Waals surface area contributed by atoms with Crippen molar-refractivity contribution in [3.05, 3.63) is 47.8 Å². The number of nitrogens with two attached hydrogens (primary N) is 1. The lowest BCUT2D eigenvalue weighted by Crippen LogP contribution is -2.45. The third-order valence-corrected chi connectivity index (χ3v) is 5.19. The second-order valence-corrected chi connectivity index (χ2v) is 7.30. The Labute approximate surface area is 159 Å². The van der Waals surface area contributed by atoms with Crippen LogP contribution in [0.4, 0.5) is 0 Å². The Balaban J connectivity index is 1.67. The average Bonchev–Trinajstić information content (AvgIpc) is 3.13. The van der Waals surface area contributed by atoms with Crippen LogP contribution in [0.25, 0.3) is 5.69 Å². The second kappa shape index (κ2) is 8.35. The van der Waals surface area contributed by atoms with Crippen molar-refractivity contribution in [1.82, 2.24) is 20.0 Å². The highest BCUT2D eigenvalue weighted by atomic mass is 16.2. The topological polar surface area (TPSA) is 93.3 Å². The molecule has 1 aliphatic heterocycles. The fourth-order valence-electron chi connectivity index (χ4n) is 3.36. The summed E-state index contributed by atoms with van der Waals surface area (Å²) in [5, 5.41) is 7.22. The molecule has 144 valence electrons. The molecule has 0 aliphatic carbocycles. The van der Waals surface area contributed by atoms with Crippen molar-refractivity contribution in [2.75, 3.05) is 19.6 Å². The van der Waals surface area contributed by atoms with Gasteiger partial charge in [-0.25, -0.2) is 4.68 Å². The molecule has 2 amide bonds. The Hall–Kier alpha value is -2.67. The Bertz CT molecular complexity index is 794. The molecule has 1 aromatic heterocycles. The fraction of sp³-hybridized carbons (Fsp3) is 0.450. The van der Waals surface area contributed by atoms with Crippen LogP contribution >= 0.6 is 0 Å². The third-order valence-electron chi connectivity index (χ3n) is 5.19. The van der Waals surface area contributed by atoms with Gasteiger partial charge >= 0.3 is 0 Å². The van der Waals surface area contributed by atoms with Crippen molar-refractivity contribution in [3.63, 3.8) is 0 Å². The Morgan fingerprint density at radius 2 is 1.93 bits per heavy atom. The lowest BCUT2D eigenvalue weighted by Gasteiger charge is -2.34. The summed E-state index contributed by atoms with van der Waals surface area (Å²) in [6, 6.07) is 10.9. The molecule has 0 saturated carbocycles. The number of amides is 2. The van der Waals surface area contributed by atoms with Crippen LogP contribution in [0, 0.1) is 5.92 Å². The molecule has 0 spiro atoms. The van der Waals surface area contributed by atoms with Crippen LogP contribution in [0.2, 0.25) is 0 Å². The highest BCUT2D eigenvalue weighted by Gasteiger charge is 2.22. The van der Waals surface area contributed by atoms with Gasteiger partial charge in [-0.1, -0.05) is 25.1 Å². The van der Waals surface area contributed by atoms with Crippen LogP contribution in [0.15, 0.2) is 36.4 Å². The number of hydrogen-bond acceptors (Lipinski definition) is 4. The quantitative estimate of drug-likeness (QED) is 0.812. The smallest absolute Gasteiger partial charge is 0.271 e. The number of para-hydroxylation sites is 1. The highest BCUT2D eigenvalue weighted by molar-refractivity contribution is 5.97. The van der Waals surface area contributed by atoms with Gasteiger partial charge in [-0.3, -0.25) is 14.5 Å². The van der Waals surface area contributed by atoms with E-state index in [-0.39, 0.29) is 23.3 Å².